The van der Waals surface area contributed by atoms with Gasteiger partial charge >= 0.3 is 0 Å². The summed E-state index contributed by atoms with van der Waals surface area (Å²) in [5, 5.41) is 5.26. The first-order valence-electron chi connectivity index (χ1n) is 6.65. The highest BCUT2D eigenvalue weighted by Crippen LogP contribution is 2.30. The van der Waals surface area contributed by atoms with Crippen LogP contribution in [0, 0.1) is 0 Å². The van der Waals surface area contributed by atoms with Gasteiger partial charge in [-0.2, -0.15) is 0 Å². The standard InChI is InChI=1S/C15H10ClN3O2S2/c1-21-11-3-2-8(6-9(11)16)17-13(20)12-7-10-14(23-12)18-15-19(10)4-5-22-15/h2-7H,1H3,(H,17,20). The molecular formula is C15H10ClN3O2S2. The minimum atomic E-state index is -0.182. The van der Waals surface area contributed by atoms with Crippen LogP contribution in [0.3, 0.4) is 0 Å². The Balaban J connectivity index is 1.63. The van der Waals surface area contributed by atoms with Gasteiger partial charge in [0.2, 0.25) is 0 Å². The summed E-state index contributed by atoms with van der Waals surface area (Å²) in [6.07, 6.45) is 1.95. The number of ether oxygens (including phenoxy) is 1. The minimum Gasteiger partial charge on any atom is -0.495 e. The minimum absolute atomic E-state index is 0.182. The number of rotatable bonds is 3. The molecule has 1 amide bonds. The monoisotopic (exact) mass is 363 g/mol. The summed E-state index contributed by atoms with van der Waals surface area (Å²) in [5.41, 5.74) is 1.57. The smallest absolute Gasteiger partial charge is 0.265 e. The first-order chi connectivity index (χ1) is 11.2. The molecule has 0 atom stereocenters. The molecule has 1 aromatic carbocycles. The zero-order valence-corrected chi connectivity index (χ0v) is 14.3. The van der Waals surface area contributed by atoms with Crippen LogP contribution >= 0.6 is 34.3 Å². The number of thiazole rings is 1. The number of anilines is 1. The highest BCUT2D eigenvalue weighted by Gasteiger charge is 2.15. The van der Waals surface area contributed by atoms with E-state index in [1.54, 1.807) is 36.6 Å². The van der Waals surface area contributed by atoms with E-state index in [1.807, 2.05) is 22.0 Å². The van der Waals surface area contributed by atoms with Crippen LogP contribution in [0.4, 0.5) is 5.69 Å². The Morgan fingerprint density at radius 2 is 2.26 bits per heavy atom. The van der Waals surface area contributed by atoms with E-state index in [2.05, 4.69) is 10.3 Å². The Morgan fingerprint density at radius 1 is 1.39 bits per heavy atom. The molecule has 0 radical (unpaired) electrons. The summed E-state index contributed by atoms with van der Waals surface area (Å²) in [5.74, 6) is 0.387. The molecule has 3 heterocycles. The van der Waals surface area contributed by atoms with Crippen LogP contribution in [0.2, 0.25) is 5.02 Å². The fourth-order valence-electron chi connectivity index (χ4n) is 2.30. The summed E-state index contributed by atoms with van der Waals surface area (Å²) in [6, 6.07) is 6.98. The number of nitrogens with zero attached hydrogens (tertiary/aromatic N) is 2. The molecule has 5 nitrogen and oxygen atoms in total. The molecule has 116 valence electrons. The zero-order valence-electron chi connectivity index (χ0n) is 11.9. The number of carbonyl (C=O) groups is 1. The molecule has 0 aliphatic rings. The molecule has 0 saturated heterocycles. The Kier molecular flexibility index (Phi) is 3.48. The van der Waals surface area contributed by atoms with Crippen molar-refractivity contribution in [3.8, 4) is 5.75 Å². The van der Waals surface area contributed by atoms with Crippen molar-refractivity contribution in [3.05, 3.63) is 45.7 Å². The molecular weight excluding hydrogens is 354 g/mol. The zero-order chi connectivity index (χ0) is 16.0. The number of hydrogen-bond acceptors (Lipinski definition) is 5. The molecule has 0 bridgehead atoms. The Bertz CT molecular complexity index is 1030. The fraction of sp³-hybridized carbons (Fsp3) is 0.0667. The number of halogens is 1. The second-order valence-corrected chi connectivity index (χ2v) is 7.08. The number of aromatic nitrogens is 2. The van der Waals surface area contributed by atoms with Crippen molar-refractivity contribution < 1.29 is 9.53 Å². The third-order valence-electron chi connectivity index (χ3n) is 3.37. The van der Waals surface area contributed by atoms with Crippen molar-refractivity contribution in [1.29, 1.82) is 0 Å². The molecule has 4 rings (SSSR count). The van der Waals surface area contributed by atoms with Crippen LogP contribution in [-0.2, 0) is 0 Å². The predicted molar refractivity (Wildman–Crippen MR) is 94.4 cm³/mol. The van der Waals surface area contributed by atoms with Gasteiger partial charge in [-0.25, -0.2) is 4.98 Å². The first-order valence-corrected chi connectivity index (χ1v) is 8.73. The number of amides is 1. The van der Waals surface area contributed by atoms with Gasteiger partial charge in [-0.1, -0.05) is 11.6 Å². The Labute approximate surface area is 144 Å². The largest absolute Gasteiger partial charge is 0.495 e. The van der Waals surface area contributed by atoms with Crippen molar-refractivity contribution in [2.45, 2.75) is 0 Å². The maximum absolute atomic E-state index is 12.4. The maximum Gasteiger partial charge on any atom is 0.265 e. The summed E-state index contributed by atoms with van der Waals surface area (Å²) < 4.78 is 7.08. The number of methoxy groups -OCH3 is 1. The van der Waals surface area contributed by atoms with Crippen molar-refractivity contribution in [2.24, 2.45) is 0 Å². The molecule has 0 fully saturated rings. The normalized spacial score (nSPS) is 11.2. The molecule has 0 aliphatic heterocycles. The molecule has 0 saturated carbocycles. The highest BCUT2D eigenvalue weighted by molar-refractivity contribution is 7.21. The van der Waals surface area contributed by atoms with Crippen LogP contribution < -0.4 is 10.1 Å². The predicted octanol–water partition coefficient (Wildman–Crippen LogP) is 4.52. The van der Waals surface area contributed by atoms with E-state index in [4.69, 9.17) is 16.3 Å². The van der Waals surface area contributed by atoms with Crippen molar-refractivity contribution in [3.63, 3.8) is 0 Å². The number of carbonyl (C=O) groups excluding carboxylic acids is 1. The van der Waals surface area contributed by atoms with Crippen LogP contribution in [0.25, 0.3) is 15.3 Å². The van der Waals surface area contributed by atoms with Gasteiger partial charge in [0.05, 0.1) is 22.5 Å². The fourth-order valence-corrected chi connectivity index (χ4v) is 4.25. The van der Waals surface area contributed by atoms with E-state index in [9.17, 15) is 4.79 Å². The maximum atomic E-state index is 12.4. The summed E-state index contributed by atoms with van der Waals surface area (Å²) in [7, 11) is 1.55. The molecule has 4 aromatic rings. The molecule has 1 N–H and O–H groups in total. The van der Waals surface area contributed by atoms with Gasteiger partial charge in [-0.05, 0) is 24.3 Å². The van der Waals surface area contributed by atoms with Gasteiger partial charge in [0.15, 0.2) is 4.96 Å². The van der Waals surface area contributed by atoms with Crippen LogP contribution in [0.5, 0.6) is 5.75 Å². The molecule has 0 aliphatic carbocycles. The third kappa shape index (κ3) is 2.46. The lowest BCUT2D eigenvalue weighted by Gasteiger charge is -2.07. The van der Waals surface area contributed by atoms with Gasteiger partial charge in [-0.15, -0.1) is 22.7 Å². The first kappa shape index (κ1) is 14.5. The van der Waals surface area contributed by atoms with Crippen LogP contribution in [-0.4, -0.2) is 22.4 Å². The number of benzene rings is 1. The highest BCUT2D eigenvalue weighted by atomic mass is 35.5. The van der Waals surface area contributed by atoms with E-state index >= 15 is 0 Å². The van der Waals surface area contributed by atoms with Gasteiger partial charge in [0.1, 0.15) is 10.6 Å². The van der Waals surface area contributed by atoms with Gasteiger partial charge < -0.3 is 10.1 Å². The second-order valence-electron chi connectivity index (χ2n) is 4.77. The average molecular weight is 364 g/mol. The van der Waals surface area contributed by atoms with Crippen molar-refractivity contribution in [1.82, 2.24) is 9.38 Å². The van der Waals surface area contributed by atoms with E-state index in [-0.39, 0.29) is 5.91 Å². The number of fused-ring (bicyclic) bond motifs is 3. The third-order valence-corrected chi connectivity index (χ3v) is 5.44. The Hall–Kier alpha value is -2.09. The van der Waals surface area contributed by atoms with Gasteiger partial charge in [0.25, 0.3) is 5.91 Å². The Morgan fingerprint density at radius 3 is 3.04 bits per heavy atom. The lowest BCUT2D eigenvalue weighted by Crippen LogP contribution is -2.10. The lowest BCUT2D eigenvalue weighted by atomic mass is 10.3. The number of thiophene rings is 1. The molecule has 8 heteroatoms. The number of nitrogens with one attached hydrogen (secondary N) is 1. The number of imidazole rings is 1. The summed E-state index contributed by atoms with van der Waals surface area (Å²) in [6.45, 7) is 0. The van der Waals surface area contributed by atoms with E-state index in [0.717, 1.165) is 15.3 Å². The SMILES string of the molecule is COc1ccc(NC(=O)c2cc3c(nc4sccn43)s2)cc1Cl. The van der Waals surface area contributed by atoms with Crippen LogP contribution in [0.15, 0.2) is 35.8 Å². The van der Waals surface area contributed by atoms with Crippen molar-refractivity contribution >= 4 is 61.2 Å². The van der Waals surface area contributed by atoms with Crippen molar-refractivity contribution in [2.75, 3.05) is 12.4 Å². The molecule has 3 aromatic heterocycles. The van der Waals surface area contributed by atoms with E-state index < -0.39 is 0 Å². The van der Waals surface area contributed by atoms with Gasteiger partial charge in [-0.3, -0.25) is 9.20 Å². The topological polar surface area (TPSA) is 55.6 Å². The van der Waals surface area contributed by atoms with E-state index in [1.165, 1.54) is 11.3 Å². The van der Waals surface area contributed by atoms with Crippen LogP contribution in [0.1, 0.15) is 9.67 Å². The average Bonchev–Trinajstić information content (AvgIpc) is 3.18. The number of hydrogen-bond donors (Lipinski definition) is 1. The molecule has 23 heavy (non-hydrogen) atoms. The van der Waals surface area contributed by atoms with Gasteiger partial charge in [0, 0.05) is 17.3 Å². The summed E-state index contributed by atoms with van der Waals surface area (Å²) >= 11 is 9.02. The lowest BCUT2D eigenvalue weighted by molar-refractivity contribution is 0.103. The molecule has 0 spiro atoms. The summed E-state index contributed by atoms with van der Waals surface area (Å²) in [4.78, 5) is 19.3. The quantitative estimate of drug-likeness (QED) is 0.582. The van der Waals surface area contributed by atoms with E-state index in [0.29, 0.717) is 21.3 Å². The second kappa shape index (κ2) is 5.52. The molecule has 0 unspecified atom stereocenters.